The van der Waals surface area contributed by atoms with Gasteiger partial charge in [-0.2, -0.15) is 0 Å². The van der Waals surface area contributed by atoms with Crippen LogP contribution in [0.4, 0.5) is 0 Å². The topological polar surface area (TPSA) is 88.6 Å². The molecule has 0 saturated heterocycles. The van der Waals surface area contributed by atoms with E-state index in [0.717, 1.165) is 5.56 Å². The number of ether oxygens (including phenoxy) is 3. The Kier molecular flexibility index (Phi) is 4.69. The molecule has 25 heavy (non-hydrogen) atoms. The number of rotatable bonds is 6. The second-order valence-corrected chi connectivity index (χ2v) is 5.22. The maximum Gasteiger partial charge on any atom is 0.345 e. The summed E-state index contributed by atoms with van der Waals surface area (Å²) in [6.07, 6.45) is 1.53. The lowest BCUT2D eigenvalue weighted by atomic mass is 10.1. The van der Waals surface area contributed by atoms with Crippen molar-refractivity contribution >= 4 is 5.97 Å². The van der Waals surface area contributed by atoms with Crippen molar-refractivity contribution < 1.29 is 23.5 Å². The fourth-order valence-corrected chi connectivity index (χ4v) is 2.27. The Morgan fingerprint density at radius 2 is 2.08 bits per heavy atom. The van der Waals surface area contributed by atoms with Gasteiger partial charge in [0.15, 0.2) is 5.76 Å². The highest BCUT2D eigenvalue weighted by atomic mass is 16.5. The lowest BCUT2D eigenvalue weighted by Crippen LogP contribution is -2.06. The van der Waals surface area contributed by atoms with Crippen LogP contribution in [0.3, 0.4) is 0 Å². The van der Waals surface area contributed by atoms with E-state index in [4.69, 9.17) is 18.7 Å². The van der Waals surface area contributed by atoms with Gasteiger partial charge >= 0.3 is 5.97 Å². The Bertz CT molecular complexity index is 884. The molecule has 0 unspecified atom stereocenters. The predicted molar refractivity (Wildman–Crippen MR) is 87.4 cm³/mol. The summed E-state index contributed by atoms with van der Waals surface area (Å²) in [5.74, 6) is 0.940. The first-order valence-electron chi connectivity index (χ1n) is 7.45. The van der Waals surface area contributed by atoms with Crippen LogP contribution in [-0.2, 0) is 18.4 Å². The molecule has 3 rings (SSSR count). The maximum absolute atomic E-state index is 12.1. The largest absolute Gasteiger partial charge is 0.497 e. The number of esters is 1. The highest BCUT2D eigenvalue weighted by Crippen LogP contribution is 2.25. The summed E-state index contributed by atoms with van der Waals surface area (Å²) in [6.45, 7) is -0.0235. The standard InChI is InChI=1S/C17H17N3O5/c1-20-9-14(16(18-20)23-3)17(21)24-10-12-8-15(25-19-12)11-5-4-6-13(7-11)22-2/h4-9H,10H2,1-3H3. The molecule has 0 fully saturated rings. The third kappa shape index (κ3) is 3.63. The van der Waals surface area contributed by atoms with Crippen LogP contribution >= 0.6 is 0 Å². The Morgan fingerprint density at radius 1 is 1.24 bits per heavy atom. The number of benzene rings is 1. The molecule has 0 aliphatic rings. The molecule has 0 N–H and O–H groups in total. The van der Waals surface area contributed by atoms with E-state index in [0.29, 0.717) is 17.2 Å². The summed E-state index contributed by atoms with van der Waals surface area (Å²) in [5, 5.41) is 7.93. The zero-order chi connectivity index (χ0) is 17.8. The molecular formula is C17H17N3O5. The van der Waals surface area contributed by atoms with Gasteiger partial charge in [-0.25, -0.2) is 4.79 Å². The summed E-state index contributed by atoms with van der Waals surface area (Å²) in [7, 11) is 4.73. The molecule has 3 aromatic rings. The Hall–Kier alpha value is -3.29. The van der Waals surface area contributed by atoms with Crippen molar-refractivity contribution in [2.75, 3.05) is 14.2 Å². The van der Waals surface area contributed by atoms with Crippen molar-refractivity contribution in [3.63, 3.8) is 0 Å². The molecule has 0 aliphatic carbocycles. The Balaban J connectivity index is 1.68. The van der Waals surface area contributed by atoms with Crippen LogP contribution in [0.2, 0.25) is 0 Å². The normalized spacial score (nSPS) is 10.5. The van der Waals surface area contributed by atoms with Gasteiger partial charge < -0.3 is 18.7 Å². The molecule has 0 spiro atoms. The van der Waals surface area contributed by atoms with Gasteiger partial charge in [-0.15, -0.1) is 5.10 Å². The third-order valence-corrected chi connectivity index (χ3v) is 3.47. The number of aryl methyl sites for hydroxylation is 1. The molecule has 0 saturated carbocycles. The predicted octanol–water partition coefficient (Wildman–Crippen LogP) is 2.45. The molecule has 8 nitrogen and oxygen atoms in total. The fraction of sp³-hybridized carbons (Fsp3) is 0.235. The molecule has 0 aliphatic heterocycles. The Morgan fingerprint density at radius 3 is 2.84 bits per heavy atom. The SMILES string of the molecule is COc1cccc(-c2cc(COC(=O)c3cn(C)nc3OC)no2)c1. The van der Waals surface area contributed by atoms with Crippen LogP contribution in [-0.4, -0.2) is 35.1 Å². The van der Waals surface area contributed by atoms with E-state index < -0.39 is 5.97 Å². The lowest BCUT2D eigenvalue weighted by Gasteiger charge is -2.01. The van der Waals surface area contributed by atoms with Crippen LogP contribution in [0.5, 0.6) is 11.6 Å². The van der Waals surface area contributed by atoms with Crippen molar-refractivity contribution in [3.05, 3.63) is 47.8 Å². The van der Waals surface area contributed by atoms with Crippen molar-refractivity contribution in [1.29, 1.82) is 0 Å². The quantitative estimate of drug-likeness (QED) is 0.635. The zero-order valence-electron chi connectivity index (χ0n) is 14.1. The number of hydrogen-bond donors (Lipinski definition) is 0. The van der Waals surface area contributed by atoms with E-state index in [1.165, 1.54) is 18.0 Å². The molecule has 1 aromatic carbocycles. The Labute approximate surface area is 143 Å². The van der Waals surface area contributed by atoms with Crippen molar-refractivity contribution in [2.45, 2.75) is 6.61 Å². The minimum Gasteiger partial charge on any atom is -0.497 e. The summed E-state index contributed by atoms with van der Waals surface area (Å²) in [6, 6.07) is 9.10. The van der Waals surface area contributed by atoms with E-state index >= 15 is 0 Å². The molecule has 130 valence electrons. The van der Waals surface area contributed by atoms with E-state index in [1.54, 1.807) is 20.2 Å². The second-order valence-electron chi connectivity index (χ2n) is 5.22. The van der Waals surface area contributed by atoms with Crippen LogP contribution in [0.15, 0.2) is 41.1 Å². The van der Waals surface area contributed by atoms with Crippen LogP contribution in [0.25, 0.3) is 11.3 Å². The molecule has 0 bridgehead atoms. The second kappa shape index (κ2) is 7.08. The summed E-state index contributed by atoms with van der Waals surface area (Å²) < 4.78 is 22.3. The van der Waals surface area contributed by atoms with E-state index in [1.807, 2.05) is 24.3 Å². The summed E-state index contributed by atoms with van der Waals surface area (Å²) in [5.41, 5.74) is 1.56. The van der Waals surface area contributed by atoms with Crippen LogP contribution in [0, 0.1) is 0 Å². The average molecular weight is 343 g/mol. The van der Waals surface area contributed by atoms with Crippen LogP contribution < -0.4 is 9.47 Å². The smallest absolute Gasteiger partial charge is 0.345 e. The highest BCUT2D eigenvalue weighted by Gasteiger charge is 2.18. The van der Waals surface area contributed by atoms with Crippen LogP contribution in [0.1, 0.15) is 16.1 Å². The van der Waals surface area contributed by atoms with E-state index in [2.05, 4.69) is 10.3 Å². The number of methoxy groups -OCH3 is 2. The molecule has 0 atom stereocenters. The number of hydrogen-bond acceptors (Lipinski definition) is 7. The first-order valence-corrected chi connectivity index (χ1v) is 7.45. The van der Waals surface area contributed by atoms with Crippen molar-refractivity contribution in [2.24, 2.45) is 7.05 Å². The fourth-order valence-electron chi connectivity index (χ4n) is 2.27. The zero-order valence-corrected chi connectivity index (χ0v) is 14.1. The average Bonchev–Trinajstić information content (AvgIpc) is 3.26. The number of carbonyl (C=O) groups is 1. The van der Waals surface area contributed by atoms with E-state index in [9.17, 15) is 4.79 Å². The van der Waals surface area contributed by atoms with Gasteiger partial charge in [0.1, 0.15) is 23.6 Å². The van der Waals surface area contributed by atoms with Gasteiger partial charge in [0, 0.05) is 24.9 Å². The summed E-state index contributed by atoms with van der Waals surface area (Å²) >= 11 is 0. The van der Waals surface area contributed by atoms with Gasteiger partial charge in [-0.05, 0) is 12.1 Å². The number of nitrogens with zero attached hydrogens (tertiary/aromatic N) is 3. The molecule has 0 radical (unpaired) electrons. The summed E-state index contributed by atoms with van der Waals surface area (Å²) in [4.78, 5) is 12.1. The van der Waals surface area contributed by atoms with Crippen molar-refractivity contribution in [3.8, 4) is 23.0 Å². The van der Waals surface area contributed by atoms with Gasteiger partial charge in [-0.3, -0.25) is 4.68 Å². The molecule has 8 heteroatoms. The third-order valence-electron chi connectivity index (χ3n) is 3.47. The molecule has 2 aromatic heterocycles. The minimum absolute atomic E-state index is 0.0235. The monoisotopic (exact) mass is 343 g/mol. The maximum atomic E-state index is 12.1. The first-order chi connectivity index (χ1) is 12.1. The van der Waals surface area contributed by atoms with E-state index in [-0.39, 0.29) is 18.1 Å². The lowest BCUT2D eigenvalue weighted by molar-refractivity contribution is 0.0460. The molecule has 2 heterocycles. The van der Waals surface area contributed by atoms with Crippen molar-refractivity contribution in [1.82, 2.24) is 14.9 Å². The number of carbonyl (C=O) groups excluding carboxylic acids is 1. The molecule has 0 amide bonds. The van der Waals surface area contributed by atoms with Gasteiger partial charge in [0.05, 0.1) is 14.2 Å². The van der Waals surface area contributed by atoms with Gasteiger partial charge in [0.2, 0.25) is 5.88 Å². The number of aromatic nitrogens is 3. The minimum atomic E-state index is -0.545. The molecular weight excluding hydrogens is 326 g/mol. The highest BCUT2D eigenvalue weighted by molar-refractivity contribution is 5.91. The van der Waals surface area contributed by atoms with Gasteiger partial charge in [-0.1, -0.05) is 17.3 Å². The first kappa shape index (κ1) is 16.6. The van der Waals surface area contributed by atoms with Gasteiger partial charge in [0.25, 0.3) is 0 Å².